The number of carbonyl (C=O) groups excluding carboxylic acids is 2. The van der Waals surface area contributed by atoms with Crippen LogP contribution in [0.5, 0.6) is 0 Å². The lowest BCUT2D eigenvalue weighted by atomic mass is 9.82. The Hall–Kier alpha value is -1.98. The zero-order chi connectivity index (χ0) is 20.8. The molecule has 10 nitrogen and oxygen atoms in total. The van der Waals surface area contributed by atoms with Crippen molar-refractivity contribution in [2.45, 2.75) is 56.4 Å². The first kappa shape index (κ1) is 20.3. The molecule has 3 aliphatic rings. The fraction of sp³-hybridized carbons (Fsp3) is 0.722. The normalized spacial score (nSPS) is 23.7. The highest BCUT2D eigenvalue weighted by Gasteiger charge is 2.51. The van der Waals surface area contributed by atoms with Crippen LogP contribution in [0.15, 0.2) is 9.42 Å². The van der Waals surface area contributed by atoms with Crippen LogP contribution < -0.4 is 5.32 Å². The Kier molecular flexibility index (Phi) is 5.16. The van der Waals surface area contributed by atoms with Crippen LogP contribution in [0.3, 0.4) is 0 Å². The maximum absolute atomic E-state index is 12.9. The summed E-state index contributed by atoms with van der Waals surface area (Å²) in [6.45, 7) is 4.81. The van der Waals surface area contributed by atoms with Crippen molar-refractivity contribution in [3.63, 3.8) is 0 Å². The van der Waals surface area contributed by atoms with Crippen molar-refractivity contribution < 1.29 is 22.5 Å². The molecule has 160 valence electrons. The maximum atomic E-state index is 12.9. The van der Waals surface area contributed by atoms with Crippen LogP contribution in [0.25, 0.3) is 0 Å². The van der Waals surface area contributed by atoms with Crippen molar-refractivity contribution in [1.29, 1.82) is 0 Å². The minimum absolute atomic E-state index is 0.124. The van der Waals surface area contributed by atoms with Gasteiger partial charge in [-0.15, -0.1) is 0 Å². The largest absolute Gasteiger partial charge is 0.360 e. The Morgan fingerprint density at radius 2 is 1.72 bits per heavy atom. The molecule has 0 unspecified atom stereocenters. The molecule has 3 heterocycles. The van der Waals surface area contributed by atoms with Gasteiger partial charge in [-0.2, -0.15) is 4.31 Å². The molecule has 1 aromatic rings. The van der Waals surface area contributed by atoms with Crippen molar-refractivity contribution in [2.75, 3.05) is 32.8 Å². The molecule has 0 radical (unpaired) electrons. The third kappa shape index (κ3) is 3.44. The van der Waals surface area contributed by atoms with Gasteiger partial charge in [0, 0.05) is 26.2 Å². The highest BCUT2D eigenvalue weighted by Crippen LogP contribution is 2.34. The molecule has 1 aliphatic carbocycles. The number of rotatable bonds is 4. The summed E-state index contributed by atoms with van der Waals surface area (Å²) in [5.74, 6) is 0.134. The molecule has 0 atom stereocenters. The van der Waals surface area contributed by atoms with E-state index in [1.165, 1.54) is 9.21 Å². The minimum atomic E-state index is -3.68. The predicted octanol–water partition coefficient (Wildman–Crippen LogP) is 0.810. The van der Waals surface area contributed by atoms with Crippen LogP contribution in [0.1, 0.15) is 43.6 Å². The molecule has 1 aromatic heterocycles. The molecule has 29 heavy (non-hydrogen) atoms. The molecule has 2 saturated heterocycles. The van der Waals surface area contributed by atoms with Crippen molar-refractivity contribution in [3.05, 3.63) is 11.5 Å². The Balaban J connectivity index is 1.39. The van der Waals surface area contributed by atoms with E-state index >= 15 is 0 Å². The number of imide groups is 1. The lowest BCUT2D eigenvalue weighted by Gasteiger charge is -2.35. The van der Waals surface area contributed by atoms with Crippen LogP contribution in [0.4, 0.5) is 4.79 Å². The molecule has 4 rings (SSSR count). The van der Waals surface area contributed by atoms with Gasteiger partial charge in [0.2, 0.25) is 10.0 Å². The van der Waals surface area contributed by atoms with Crippen LogP contribution in [-0.2, 0) is 14.8 Å². The summed E-state index contributed by atoms with van der Waals surface area (Å²) < 4.78 is 32.3. The van der Waals surface area contributed by atoms with Crippen molar-refractivity contribution in [1.82, 2.24) is 24.6 Å². The average molecular weight is 426 g/mol. The summed E-state index contributed by atoms with van der Waals surface area (Å²) in [7, 11) is -3.68. The molecule has 2 aliphatic heterocycles. The number of urea groups is 1. The Morgan fingerprint density at radius 3 is 2.31 bits per heavy atom. The van der Waals surface area contributed by atoms with E-state index in [-0.39, 0.29) is 42.4 Å². The van der Waals surface area contributed by atoms with Crippen molar-refractivity contribution in [2.24, 2.45) is 0 Å². The molecule has 0 aromatic carbocycles. The maximum Gasteiger partial charge on any atom is 0.326 e. The van der Waals surface area contributed by atoms with Gasteiger partial charge in [-0.3, -0.25) is 9.69 Å². The van der Waals surface area contributed by atoms with Gasteiger partial charge in [0.15, 0.2) is 5.76 Å². The second-order valence-corrected chi connectivity index (χ2v) is 10.00. The summed E-state index contributed by atoms with van der Waals surface area (Å²) in [4.78, 5) is 28.7. The average Bonchev–Trinajstić information content (AvgIpc) is 3.14. The predicted molar refractivity (Wildman–Crippen MR) is 102 cm³/mol. The van der Waals surface area contributed by atoms with Gasteiger partial charge in [-0.05, 0) is 26.7 Å². The van der Waals surface area contributed by atoms with E-state index in [1.807, 2.05) is 4.90 Å². The summed E-state index contributed by atoms with van der Waals surface area (Å²) in [5, 5.41) is 6.65. The zero-order valence-electron chi connectivity index (χ0n) is 16.8. The number of aromatic nitrogens is 1. The smallest absolute Gasteiger partial charge is 0.326 e. The molecule has 0 bridgehead atoms. The molecule has 1 spiro atoms. The topological polar surface area (TPSA) is 116 Å². The fourth-order valence-electron chi connectivity index (χ4n) is 4.58. The second-order valence-electron chi connectivity index (χ2n) is 8.12. The van der Waals surface area contributed by atoms with Gasteiger partial charge >= 0.3 is 6.03 Å². The molecule has 3 fully saturated rings. The second kappa shape index (κ2) is 7.37. The number of sulfonamides is 1. The molecular formula is C18H27N5O5S. The molecular weight excluding hydrogens is 398 g/mol. The molecule has 1 N–H and O–H groups in total. The Labute approximate surface area is 170 Å². The Morgan fingerprint density at radius 1 is 1.07 bits per heavy atom. The summed E-state index contributed by atoms with van der Waals surface area (Å²) in [6, 6.07) is -0.345. The number of amides is 3. The van der Waals surface area contributed by atoms with E-state index in [2.05, 4.69) is 10.5 Å². The third-order valence-electron chi connectivity index (χ3n) is 6.19. The van der Waals surface area contributed by atoms with Crippen LogP contribution in [-0.4, -0.2) is 78.0 Å². The monoisotopic (exact) mass is 425 g/mol. The minimum Gasteiger partial charge on any atom is -0.360 e. The molecule has 3 amide bonds. The van der Waals surface area contributed by atoms with E-state index < -0.39 is 15.6 Å². The van der Waals surface area contributed by atoms with E-state index in [1.54, 1.807) is 13.8 Å². The van der Waals surface area contributed by atoms with Crippen molar-refractivity contribution in [3.8, 4) is 0 Å². The highest BCUT2D eigenvalue weighted by atomic mass is 32.2. The summed E-state index contributed by atoms with van der Waals surface area (Å²) in [5.41, 5.74) is -0.383. The van der Waals surface area contributed by atoms with Crippen LogP contribution in [0, 0.1) is 13.8 Å². The molecule has 1 saturated carbocycles. The number of hydrogen-bond donors (Lipinski definition) is 1. The van der Waals surface area contributed by atoms with Gasteiger partial charge in [0.25, 0.3) is 5.91 Å². The summed E-state index contributed by atoms with van der Waals surface area (Å²) in [6.07, 6.45) is 4.36. The number of carbonyl (C=O) groups is 2. The first-order valence-electron chi connectivity index (χ1n) is 10.0. The highest BCUT2D eigenvalue weighted by molar-refractivity contribution is 7.89. The van der Waals surface area contributed by atoms with Gasteiger partial charge in [0.1, 0.15) is 16.1 Å². The standard InChI is InChI=1S/C18H27N5O5S/c1-13-15(14(2)28-20-13)29(26,27)22-10-8-21(9-11-22)12-23-16(24)18(19-17(23)25)6-4-3-5-7-18/h3-12H2,1-2H3,(H,19,25). The molecule has 11 heteroatoms. The van der Waals surface area contributed by atoms with Crippen LogP contribution >= 0.6 is 0 Å². The number of nitrogens with one attached hydrogen (secondary N) is 1. The first-order chi connectivity index (χ1) is 13.7. The number of aryl methyl sites for hydroxylation is 2. The number of piperazine rings is 1. The van der Waals surface area contributed by atoms with E-state index in [9.17, 15) is 18.0 Å². The lowest BCUT2D eigenvalue weighted by molar-refractivity contribution is -0.134. The van der Waals surface area contributed by atoms with E-state index in [0.717, 1.165) is 19.3 Å². The summed E-state index contributed by atoms with van der Waals surface area (Å²) >= 11 is 0. The van der Waals surface area contributed by atoms with Crippen LogP contribution in [0.2, 0.25) is 0 Å². The van der Waals surface area contributed by atoms with E-state index in [0.29, 0.717) is 31.6 Å². The quantitative estimate of drug-likeness (QED) is 0.710. The van der Waals surface area contributed by atoms with Gasteiger partial charge in [0.05, 0.1) is 6.67 Å². The first-order valence-corrected chi connectivity index (χ1v) is 11.5. The number of nitrogens with zero attached hydrogens (tertiary/aromatic N) is 4. The lowest BCUT2D eigenvalue weighted by Crippen LogP contribution is -2.53. The SMILES string of the molecule is Cc1noc(C)c1S(=O)(=O)N1CCN(CN2C(=O)NC3(CCCCC3)C2=O)CC1. The van der Waals surface area contributed by atoms with Gasteiger partial charge in [-0.25, -0.2) is 18.1 Å². The van der Waals surface area contributed by atoms with Gasteiger partial charge < -0.3 is 9.84 Å². The van der Waals surface area contributed by atoms with E-state index in [4.69, 9.17) is 4.52 Å². The Bertz CT molecular complexity index is 894. The fourth-order valence-corrected chi connectivity index (χ4v) is 6.30. The number of hydrogen-bond acceptors (Lipinski definition) is 7. The van der Waals surface area contributed by atoms with Gasteiger partial charge in [-0.1, -0.05) is 24.4 Å². The zero-order valence-corrected chi connectivity index (χ0v) is 17.6. The van der Waals surface area contributed by atoms with Crippen molar-refractivity contribution >= 4 is 22.0 Å². The third-order valence-corrected chi connectivity index (χ3v) is 8.34.